The van der Waals surface area contributed by atoms with Gasteiger partial charge < -0.3 is 9.84 Å². The number of carbonyl (C=O) groups excluding carboxylic acids is 1. The summed E-state index contributed by atoms with van der Waals surface area (Å²) in [6, 6.07) is 13.1. The zero-order valence-corrected chi connectivity index (χ0v) is 16.0. The zero-order valence-electron chi connectivity index (χ0n) is 14.4. The molecule has 8 heteroatoms. The highest BCUT2D eigenvalue weighted by molar-refractivity contribution is 7.19. The summed E-state index contributed by atoms with van der Waals surface area (Å²) in [6.07, 6.45) is 0.475. The molecular formula is C19H15ClN4O2S. The highest BCUT2D eigenvalue weighted by Gasteiger charge is 2.15. The topological polar surface area (TPSA) is 80.9 Å². The zero-order chi connectivity index (χ0) is 18.8. The molecule has 0 bridgehead atoms. The number of pyridine rings is 1. The second kappa shape index (κ2) is 7.46. The Morgan fingerprint density at radius 2 is 2.07 bits per heavy atom. The second-order valence-corrected chi connectivity index (χ2v) is 7.63. The smallest absolute Gasteiger partial charge is 0.252 e. The number of fused-ring (bicyclic) bond motifs is 1. The molecule has 0 atom stereocenters. The maximum absolute atomic E-state index is 12.8. The van der Waals surface area contributed by atoms with Crippen LogP contribution in [0.15, 0.2) is 47.0 Å². The van der Waals surface area contributed by atoms with Gasteiger partial charge in [-0.15, -0.1) is 11.3 Å². The van der Waals surface area contributed by atoms with Gasteiger partial charge in [-0.2, -0.15) is 4.98 Å². The first-order valence-corrected chi connectivity index (χ1v) is 9.52. The summed E-state index contributed by atoms with van der Waals surface area (Å²) in [5, 5.41) is 7.46. The number of nitrogens with zero attached hydrogens (tertiary/aromatic N) is 3. The molecule has 1 N–H and O–H groups in total. The molecule has 0 saturated heterocycles. The van der Waals surface area contributed by atoms with Gasteiger partial charge in [-0.25, -0.2) is 4.98 Å². The van der Waals surface area contributed by atoms with Crippen LogP contribution in [-0.2, 0) is 6.42 Å². The van der Waals surface area contributed by atoms with E-state index in [2.05, 4.69) is 20.4 Å². The van der Waals surface area contributed by atoms with Crippen molar-refractivity contribution < 1.29 is 9.32 Å². The number of benzene rings is 1. The molecule has 0 saturated carbocycles. The van der Waals surface area contributed by atoms with Crippen molar-refractivity contribution in [2.24, 2.45) is 0 Å². The number of hydrogen-bond donors (Lipinski definition) is 1. The molecule has 0 unspecified atom stereocenters. The lowest BCUT2D eigenvalue weighted by Gasteiger charge is -2.09. The van der Waals surface area contributed by atoms with Gasteiger partial charge in [0.05, 0.1) is 26.0 Å². The molecular weight excluding hydrogens is 384 g/mol. The van der Waals surface area contributed by atoms with Crippen molar-refractivity contribution in [3.8, 4) is 10.6 Å². The second-order valence-electron chi connectivity index (χ2n) is 5.92. The van der Waals surface area contributed by atoms with Crippen LogP contribution in [0.1, 0.15) is 22.1 Å². The summed E-state index contributed by atoms with van der Waals surface area (Å²) < 4.78 is 5.75. The molecule has 3 heterocycles. The highest BCUT2D eigenvalue weighted by Crippen LogP contribution is 2.32. The standard InChI is InChI=1S/C19H15ClN4O2S/c1-11-22-18(26-24-11)8-9-21-19(25)13-10-15(16-6-7-17(20)27-16)23-14-5-3-2-4-12(13)14/h2-7,10H,8-9H2,1H3,(H,21,25). The SMILES string of the molecule is Cc1noc(CCNC(=O)c2cc(-c3ccc(Cl)s3)nc3ccccc23)n1. The van der Waals surface area contributed by atoms with Crippen LogP contribution in [0.4, 0.5) is 0 Å². The Kier molecular flexibility index (Phi) is 4.87. The van der Waals surface area contributed by atoms with E-state index in [9.17, 15) is 4.79 Å². The van der Waals surface area contributed by atoms with E-state index in [0.717, 1.165) is 21.5 Å². The number of carbonyl (C=O) groups is 1. The maximum Gasteiger partial charge on any atom is 0.252 e. The van der Waals surface area contributed by atoms with Gasteiger partial charge in [-0.3, -0.25) is 4.79 Å². The van der Waals surface area contributed by atoms with Crippen LogP contribution < -0.4 is 5.32 Å². The van der Waals surface area contributed by atoms with Crippen molar-refractivity contribution in [1.82, 2.24) is 20.4 Å². The van der Waals surface area contributed by atoms with Gasteiger partial charge in [-0.05, 0) is 31.2 Å². The number of amides is 1. The Hall–Kier alpha value is -2.77. The molecule has 1 amide bonds. The number of thiophene rings is 1. The number of halogens is 1. The molecule has 136 valence electrons. The Morgan fingerprint density at radius 1 is 1.22 bits per heavy atom. The van der Waals surface area contributed by atoms with Gasteiger partial charge in [0.1, 0.15) is 0 Å². The van der Waals surface area contributed by atoms with Crippen LogP contribution in [-0.4, -0.2) is 27.6 Å². The third-order valence-corrected chi connectivity index (χ3v) is 5.23. The summed E-state index contributed by atoms with van der Waals surface area (Å²) in [4.78, 5) is 22.5. The van der Waals surface area contributed by atoms with E-state index in [4.69, 9.17) is 16.1 Å². The van der Waals surface area contributed by atoms with Crippen LogP contribution >= 0.6 is 22.9 Å². The van der Waals surface area contributed by atoms with Crippen LogP contribution in [0.5, 0.6) is 0 Å². The van der Waals surface area contributed by atoms with Crippen molar-refractivity contribution in [2.45, 2.75) is 13.3 Å². The molecule has 27 heavy (non-hydrogen) atoms. The van der Waals surface area contributed by atoms with E-state index in [1.165, 1.54) is 11.3 Å². The van der Waals surface area contributed by atoms with E-state index in [-0.39, 0.29) is 5.91 Å². The Morgan fingerprint density at radius 3 is 2.81 bits per heavy atom. The lowest BCUT2D eigenvalue weighted by molar-refractivity contribution is 0.0955. The summed E-state index contributed by atoms with van der Waals surface area (Å²) in [5.41, 5.74) is 2.06. The van der Waals surface area contributed by atoms with Crippen molar-refractivity contribution >= 4 is 39.7 Å². The molecule has 0 aliphatic carbocycles. The Labute approximate surface area is 164 Å². The first-order valence-electron chi connectivity index (χ1n) is 8.33. The van der Waals surface area contributed by atoms with Crippen molar-refractivity contribution in [1.29, 1.82) is 0 Å². The van der Waals surface area contributed by atoms with Crippen molar-refractivity contribution in [2.75, 3.05) is 6.54 Å². The van der Waals surface area contributed by atoms with E-state index in [1.54, 1.807) is 13.0 Å². The molecule has 0 aliphatic rings. The normalized spacial score (nSPS) is 11.0. The van der Waals surface area contributed by atoms with Gasteiger partial charge in [0.25, 0.3) is 5.91 Å². The minimum Gasteiger partial charge on any atom is -0.351 e. The molecule has 0 fully saturated rings. The molecule has 0 aliphatic heterocycles. The third-order valence-electron chi connectivity index (χ3n) is 3.98. The van der Waals surface area contributed by atoms with E-state index in [0.29, 0.717) is 34.6 Å². The van der Waals surface area contributed by atoms with Crippen LogP contribution in [0.2, 0.25) is 4.34 Å². The van der Waals surface area contributed by atoms with Gasteiger partial charge >= 0.3 is 0 Å². The van der Waals surface area contributed by atoms with Crippen LogP contribution in [0.25, 0.3) is 21.5 Å². The lowest BCUT2D eigenvalue weighted by Crippen LogP contribution is -2.26. The summed E-state index contributed by atoms with van der Waals surface area (Å²) in [6.45, 7) is 2.16. The predicted molar refractivity (Wildman–Crippen MR) is 105 cm³/mol. The quantitative estimate of drug-likeness (QED) is 0.542. The van der Waals surface area contributed by atoms with Gasteiger partial charge in [-0.1, -0.05) is 35.0 Å². The third kappa shape index (κ3) is 3.84. The first-order chi connectivity index (χ1) is 13.1. The van der Waals surface area contributed by atoms with Gasteiger partial charge in [0, 0.05) is 18.4 Å². The van der Waals surface area contributed by atoms with Crippen LogP contribution in [0.3, 0.4) is 0 Å². The average Bonchev–Trinajstić information content (AvgIpc) is 3.29. The fourth-order valence-corrected chi connectivity index (χ4v) is 3.76. The summed E-state index contributed by atoms with van der Waals surface area (Å²) in [7, 11) is 0. The molecule has 6 nitrogen and oxygen atoms in total. The predicted octanol–water partition coefficient (Wildman–Crippen LogP) is 4.28. The largest absolute Gasteiger partial charge is 0.351 e. The van der Waals surface area contributed by atoms with E-state index >= 15 is 0 Å². The highest BCUT2D eigenvalue weighted by atomic mass is 35.5. The molecule has 4 rings (SSSR count). The molecule has 0 radical (unpaired) electrons. The number of nitrogens with one attached hydrogen (secondary N) is 1. The van der Waals surface area contributed by atoms with Gasteiger partial charge in [0.2, 0.25) is 5.89 Å². The monoisotopic (exact) mass is 398 g/mol. The van der Waals surface area contributed by atoms with Crippen LogP contribution in [0, 0.1) is 6.92 Å². The van der Waals surface area contributed by atoms with E-state index < -0.39 is 0 Å². The number of para-hydroxylation sites is 1. The number of rotatable bonds is 5. The van der Waals surface area contributed by atoms with Gasteiger partial charge in [0.15, 0.2) is 5.82 Å². The maximum atomic E-state index is 12.8. The van der Waals surface area contributed by atoms with Crippen molar-refractivity contribution in [3.05, 3.63) is 64.1 Å². The molecule has 1 aromatic carbocycles. The van der Waals surface area contributed by atoms with E-state index in [1.807, 2.05) is 36.4 Å². The average molecular weight is 399 g/mol. The number of aromatic nitrogens is 3. The first kappa shape index (κ1) is 17.6. The lowest BCUT2D eigenvalue weighted by atomic mass is 10.1. The fraction of sp³-hybridized carbons (Fsp3) is 0.158. The Balaban J connectivity index is 1.61. The Bertz CT molecular complexity index is 1120. The minimum atomic E-state index is -0.172. The number of hydrogen-bond acceptors (Lipinski definition) is 6. The minimum absolute atomic E-state index is 0.172. The number of aryl methyl sites for hydroxylation is 1. The van der Waals surface area contributed by atoms with Crippen molar-refractivity contribution in [3.63, 3.8) is 0 Å². The fourth-order valence-electron chi connectivity index (χ4n) is 2.76. The summed E-state index contributed by atoms with van der Waals surface area (Å²) >= 11 is 7.48. The molecule has 3 aromatic heterocycles. The molecule has 4 aromatic rings. The summed E-state index contributed by atoms with van der Waals surface area (Å²) in [5.74, 6) is 0.908. The molecule has 0 spiro atoms.